The standard InChI is InChI=1S/C24H25N3O4/c1-15-7-9-18(10-8-15)24(4)22(29)27(23(30)25-24)14-21(28)20-12-16(2)26(17(20)3)13-19-6-5-11-31-19/h5-12H,13-14H2,1-4H3,(H,25,30). The average molecular weight is 419 g/mol. The number of carbonyl (C=O) groups excluding carboxylic acids is 3. The van der Waals surface area contributed by atoms with Crippen molar-refractivity contribution in [2.75, 3.05) is 6.54 Å². The highest BCUT2D eigenvalue weighted by Gasteiger charge is 2.49. The molecule has 1 atom stereocenters. The summed E-state index contributed by atoms with van der Waals surface area (Å²) in [6, 6.07) is 12.3. The number of rotatable bonds is 6. The van der Waals surface area contributed by atoms with Gasteiger partial charge in [-0.15, -0.1) is 0 Å². The molecule has 2 aromatic heterocycles. The number of aromatic nitrogens is 1. The van der Waals surface area contributed by atoms with Crippen LogP contribution in [-0.2, 0) is 16.9 Å². The molecule has 7 nitrogen and oxygen atoms in total. The molecule has 0 saturated carbocycles. The van der Waals surface area contributed by atoms with Gasteiger partial charge in [-0.2, -0.15) is 0 Å². The first-order valence-corrected chi connectivity index (χ1v) is 10.1. The van der Waals surface area contributed by atoms with Crippen molar-refractivity contribution in [2.24, 2.45) is 0 Å². The Morgan fingerprint density at radius 1 is 1.10 bits per heavy atom. The van der Waals surface area contributed by atoms with Crippen LogP contribution in [0.15, 0.2) is 53.1 Å². The van der Waals surface area contributed by atoms with Crippen LogP contribution in [0.2, 0.25) is 0 Å². The Labute approximate surface area is 180 Å². The summed E-state index contributed by atoms with van der Waals surface area (Å²) < 4.78 is 7.39. The van der Waals surface area contributed by atoms with E-state index >= 15 is 0 Å². The molecule has 3 heterocycles. The number of imide groups is 1. The number of hydrogen-bond donors (Lipinski definition) is 1. The minimum Gasteiger partial charge on any atom is -0.467 e. The average Bonchev–Trinajstić information content (AvgIpc) is 3.40. The number of nitrogens with one attached hydrogen (secondary N) is 1. The van der Waals surface area contributed by atoms with Crippen LogP contribution >= 0.6 is 0 Å². The molecule has 0 spiro atoms. The fourth-order valence-electron chi connectivity index (χ4n) is 4.04. The quantitative estimate of drug-likeness (QED) is 0.488. The van der Waals surface area contributed by atoms with Crippen molar-refractivity contribution in [3.8, 4) is 0 Å². The molecule has 1 unspecified atom stereocenters. The van der Waals surface area contributed by atoms with Crippen molar-refractivity contribution in [1.82, 2.24) is 14.8 Å². The Morgan fingerprint density at radius 3 is 2.45 bits per heavy atom. The highest BCUT2D eigenvalue weighted by atomic mass is 16.3. The number of carbonyl (C=O) groups is 3. The van der Waals surface area contributed by atoms with E-state index in [1.54, 1.807) is 19.3 Å². The Hall–Kier alpha value is -3.61. The first-order chi connectivity index (χ1) is 14.7. The van der Waals surface area contributed by atoms with Crippen LogP contribution in [0.5, 0.6) is 0 Å². The van der Waals surface area contributed by atoms with E-state index in [2.05, 4.69) is 5.32 Å². The molecular weight excluding hydrogens is 394 g/mol. The van der Waals surface area contributed by atoms with Crippen LogP contribution in [0.3, 0.4) is 0 Å². The SMILES string of the molecule is Cc1ccc(C2(C)NC(=O)N(CC(=O)c3cc(C)n(Cc4ccco4)c3C)C2=O)cc1. The Kier molecular flexibility index (Phi) is 5.05. The van der Waals surface area contributed by atoms with E-state index in [9.17, 15) is 14.4 Å². The molecule has 1 fully saturated rings. The van der Waals surface area contributed by atoms with Crippen molar-refractivity contribution in [1.29, 1.82) is 0 Å². The number of hydrogen-bond acceptors (Lipinski definition) is 4. The number of ketones is 1. The molecule has 1 aromatic carbocycles. The Balaban J connectivity index is 1.55. The third-order valence-corrected chi connectivity index (χ3v) is 5.97. The molecule has 160 valence electrons. The van der Waals surface area contributed by atoms with Crippen molar-refractivity contribution >= 4 is 17.7 Å². The van der Waals surface area contributed by atoms with Crippen LogP contribution in [0, 0.1) is 20.8 Å². The van der Waals surface area contributed by atoms with E-state index in [0.29, 0.717) is 17.7 Å². The largest absolute Gasteiger partial charge is 0.467 e. The molecule has 7 heteroatoms. The second kappa shape index (κ2) is 7.58. The lowest BCUT2D eigenvalue weighted by Gasteiger charge is -2.22. The predicted molar refractivity (Wildman–Crippen MR) is 115 cm³/mol. The van der Waals surface area contributed by atoms with E-state index < -0.39 is 17.5 Å². The zero-order chi connectivity index (χ0) is 22.3. The Bertz CT molecular complexity index is 1160. The summed E-state index contributed by atoms with van der Waals surface area (Å²) in [5.74, 6) is 0.0679. The van der Waals surface area contributed by atoms with E-state index in [1.165, 1.54) is 0 Å². The molecule has 1 N–H and O–H groups in total. The summed E-state index contributed by atoms with van der Waals surface area (Å²) in [5.41, 5.74) is 2.71. The predicted octanol–water partition coefficient (Wildman–Crippen LogP) is 3.70. The van der Waals surface area contributed by atoms with Gasteiger partial charge in [-0.3, -0.25) is 14.5 Å². The number of furan rings is 1. The summed E-state index contributed by atoms with van der Waals surface area (Å²) in [5, 5.41) is 2.75. The third-order valence-electron chi connectivity index (χ3n) is 5.97. The van der Waals surface area contributed by atoms with E-state index in [4.69, 9.17) is 4.42 Å². The molecule has 0 aliphatic carbocycles. The maximum absolute atomic E-state index is 13.1. The zero-order valence-corrected chi connectivity index (χ0v) is 18.1. The second-order valence-corrected chi connectivity index (χ2v) is 8.19. The molecular formula is C24H25N3O4. The van der Waals surface area contributed by atoms with Gasteiger partial charge >= 0.3 is 6.03 Å². The van der Waals surface area contributed by atoms with Crippen molar-refractivity contribution in [2.45, 2.75) is 39.8 Å². The minimum absolute atomic E-state index is 0.282. The number of Topliss-reactive ketones (excluding diaryl/α,β-unsaturated/α-hetero) is 1. The number of urea groups is 1. The van der Waals surface area contributed by atoms with Crippen molar-refractivity contribution in [3.63, 3.8) is 0 Å². The summed E-state index contributed by atoms with van der Waals surface area (Å²) in [6.45, 7) is 7.58. The number of benzene rings is 1. The van der Waals surface area contributed by atoms with Crippen molar-refractivity contribution < 1.29 is 18.8 Å². The highest BCUT2D eigenvalue weighted by molar-refractivity contribution is 6.11. The van der Waals surface area contributed by atoms with E-state index in [-0.39, 0.29) is 12.3 Å². The van der Waals surface area contributed by atoms with Crippen molar-refractivity contribution in [3.05, 3.63) is 82.6 Å². The smallest absolute Gasteiger partial charge is 0.325 e. The fraction of sp³-hybridized carbons (Fsp3) is 0.292. The number of nitrogens with zero attached hydrogens (tertiary/aromatic N) is 2. The lowest BCUT2D eigenvalue weighted by Crippen LogP contribution is -2.41. The molecule has 1 saturated heterocycles. The second-order valence-electron chi connectivity index (χ2n) is 8.19. The van der Waals surface area contributed by atoms with Gasteiger partial charge in [-0.05, 0) is 51.5 Å². The number of aryl methyl sites for hydroxylation is 2. The minimum atomic E-state index is -1.19. The molecule has 3 aromatic rings. The van der Waals surface area contributed by atoms with Crippen LogP contribution in [0.1, 0.15) is 45.6 Å². The van der Waals surface area contributed by atoms with Gasteiger partial charge in [-0.1, -0.05) is 29.8 Å². The van der Waals surface area contributed by atoms with Crippen LogP contribution in [-0.4, -0.2) is 33.7 Å². The van der Waals surface area contributed by atoms with E-state index in [1.807, 2.05) is 61.7 Å². The van der Waals surface area contributed by atoms with Crippen LogP contribution in [0.25, 0.3) is 0 Å². The topological polar surface area (TPSA) is 84.6 Å². The van der Waals surface area contributed by atoms with Crippen LogP contribution in [0.4, 0.5) is 4.79 Å². The maximum Gasteiger partial charge on any atom is 0.325 e. The molecule has 1 aliphatic heterocycles. The van der Waals surface area contributed by atoms with Gasteiger partial charge in [-0.25, -0.2) is 4.79 Å². The summed E-state index contributed by atoms with van der Waals surface area (Å²) >= 11 is 0. The van der Waals surface area contributed by atoms with Gasteiger partial charge in [0, 0.05) is 17.0 Å². The lowest BCUT2D eigenvalue weighted by molar-refractivity contribution is -0.130. The van der Waals surface area contributed by atoms with Gasteiger partial charge in [0.1, 0.15) is 11.3 Å². The Morgan fingerprint density at radius 2 is 1.81 bits per heavy atom. The highest BCUT2D eigenvalue weighted by Crippen LogP contribution is 2.29. The summed E-state index contributed by atoms with van der Waals surface area (Å²) in [7, 11) is 0. The zero-order valence-electron chi connectivity index (χ0n) is 18.1. The van der Waals surface area contributed by atoms with Gasteiger partial charge < -0.3 is 14.3 Å². The van der Waals surface area contributed by atoms with E-state index in [0.717, 1.165) is 27.6 Å². The number of amides is 3. The van der Waals surface area contributed by atoms with Crippen LogP contribution < -0.4 is 5.32 Å². The maximum atomic E-state index is 13.1. The van der Waals surface area contributed by atoms with Gasteiger partial charge in [0.05, 0.1) is 19.4 Å². The molecule has 31 heavy (non-hydrogen) atoms. The van der Waals surface area contributed by atoms with Gasteiger partial charge in [0.15, 0.2) is 5.78 Å². The fourth-order valence-corrected chi connectivity index (χ4v) is 4.04. The third kappa shape index (κ3) is 3.56. The monoisotopic (exact) mass is 419 g/mol. The lowest BCUT2D eigenvalue weighted by atomic mass is 9.91. The normalized spacial score (nSPS) is 18.5. The first-order valence-electron chi connectivity index (χ1n) is 10.1. The molecule has 3 amide bonds. The molecule has 1 aliphatic rings. The van der Waals surface area contributed by atoms with Gasteiger partial charge in [0.2, 0.25) is 0 Å². The molecule has 0 bridgehead atoms. The molecule has 0 radical (unpaired) electrons. The molecule has 4 rings (SSSR count). The van der Waals surface area contributed by atoms with Gasteiger partial charge in [0.25, 0.3) is 5.91 Å². The summed E-state index contributed by atoms with van der Waals surface area (Å²) in [4.78, 5) is 39.8. The first kappa shape index (κ1) is 20.7. The summed E-state index contributed by atoms with van der Waals surface area (Å²) in [6.07, 6.45) is 1.61.